The first-order valence-corrected chi connectivity index (χ1v) is 12.4. The molecule has 0 aromatic carbocycles. The molecule has 4 rings (SSSR count). The largest absolute Gasteiger partial charge is 0.362 e. The van der Waals surface area contributed by atoms with E-state index in [1.807, 2.05) is 38.9 Å². The summed E-state index contributed by atoms with van der Waals surface area (Å²) < 4.78 is 0. The topological polar surface area (TPSA) is 87.1 Å². The van der Waals surface area contributed by atoms with Gasteiger partial charge in [0.1, 0.15) is 29.0 Å². The summed E-state index contributed by atoms with van der Waals surface area (Å²) in [5, 5.41) is 3.21. The Balaban J connectivity index is 1.54. The van der Waals surface area contributed by atoms with E-state index in [9.17, 15) is 4.79 Å². The first-order chi connectivity index (χ1) is 15.9. The van der Waals surface area contributed by atoms with Gasteiger partial charge in [0.05, 0.1) is 0 Å². The zero-order valence-corrected chi connectivity index (χ0v) is 20.5. The summed E-state index contributed by atoms with van der Waals surface area (Å²) in [6.45, 7) is 6.03. The summed E-state index contributed by atoms with van der Waals surface area (Å²) >= 11 is 0. The highest BCUT2D eigenvalue weighted by molar-refractivity contribution is 5.93. The van der Waals surface area contributed by atoms with Crippen molar-refractivity contribution in [1.29, 1.82) is 0 Å². The van der Waals surface area contributed by atoms with Gasteiger partial charge in [-0.05, 0) is 39.5 Å². The number of carbonyl (C=O) groups excluding carboxylic acids is 1. The highest BCUT2D eigenvalue weighted by Gasteiger charge is 2.21. The van der Waals surface area contributed by atoms with Crippen molar-refractivity contribution in [1.82, 2.24) is 25.3 Å². The van der Waals surface area contributed by atoms with Crippen molar-refractivity contribution in [2.45, 2.75) is 77.7 Å². The normalized spacial score (nSPS) is 16.8. The Kier molecular flexibility index (Phi) is 7.40. The number of amides is 1. The number of nitrogens with one attached hydrogen (secondary N) is 1. The molecule has 1 saturated heterocycles. The molecule has 2 fully saturated rings. The Labute approximate surface area is 197 Å². The molecule has 33 heavy (non-hydrogen) atoms. The molecule has 2 aliphatic rings. The Hall–Kier alpha value is -2.77. The fourth-order valence-corrected chi connectivity index (χ4v) is 4.77. The number of anilines is 2. The van der Waals surface area contributed by atoms with E-state index in [4.69, 9.17) is 9.97 Å². The van der Waals surface area contributed by atoms with Gasteiger partial charge in [0, 0.05) is 63.4 Å². The summed E-state index contributed by atoms with van der Waals surface area (Å²) in [5.74, 6) is 3.19. The van der Waals surface area contributed by atoms with Gasteiger partial charge in [0.15, 0.2) is 0 Å². The van der Waals surface area contributed by atoms with Gasteiger partial charge in [-0.25, -0.2) is 19.9 Å². The van der Waals surface area contributed by atoms with Crippen LogP contribution in [0.5, 0.6) is 0 Å². The van der Waals surface area contributed by atoms with Gasteiger partial charge in [-0.15, -0.1) is 0 Å². The molecule has 0 unspecified atom stereocenters. The van der Waals surface area contributed by atoms with Crippen LogP contribution in [0.1, 0.15) is 78.3 Å². The maximum absolute atomic E-state index is 13.1. The van der Waals surface area contributed by atoms with Gasteiger partial charge in [-0.2, -0.15) is 0 Å². The molecule has 3 heterocycles. The first kappa shape index (κ1) is 23.4. The molecule has 2 aromatic heterocycles. The molecule has 0 bridgehead atoms. The number of hydrogen-bond donors (Lipinski definition) is 1. The highest BCUT2D eigenvalue weighted by atomic mass is 16.1. The maximum Gasteiger partial charge on any atom is 0.270 e. The molecule has 178 valence electrons. The van der Waals surface area contributed by atoms with Gasteiger partial charge in [-0.1, -0.05) is 19.3 Å². The van der Waals surface area contributed by atoms with Crippen LogP contribution in [0.2, 0.25) is 0 Å². The average Bonchev–Trinajstić information content (AvgIpc) is 3.35. The maximum atomic E-state index is 13.1. The predicted octanol–water partition coefficient (Wildman–Crippen LogP) is 3.40. The van der Waals surface area contributed by atoms with E-state index in [0.29, 0.717) is 24.4 Å². The van der Waals surface area contributed by atoms with Gasteiger partial charge in [0.25, 0.3) is 5.91 Å². The zero-order valence-electron chi connectivity index (χ0n) is 20.5. The minimum absolute atomic E-state index is 0.0803. The minimum Gasteiger partial charge on any atom is -0.362 e. The van der Waals surface area contributed by atoms with Crippen LogP contribution < -0.4 is 15.1 Å². The molecule has 1 N–H and O–H groups in total. The second kappa shape index (κ2) is 10.4. The van der Waals surface area contributed by atoms with Crippen molar-refractivity contribution in [3.63, 3.8) is 0 Å². The van der Waals surface area contributed by atoms with Crippen LogP contribution >= 0.6 is 0 Å². The fourth-order valence-electron chi connectivity index (χ4n) is 4.77. The van der Waals surface area contributed by atoms with E-state index in [0.717, 1.165) is 67.5 Å². The molecule has 0 spiro atoms. The second-order valence-corrected chi connectivity index (χ2v) is 9.60. The third-order valence-electron chi connectivity index (χ3n) is 6.77. The van der Waals surface area contributed by atoms with E-state index in [1.165, 1.54) is 19.3 Å². The van der Waals surface area contributed by atoms with E-state index < -0.39 is 0 Å². The van der Waals surface area contributed by atoms with Gasteiger partial charge < -0.3 is 15.1 Å². The van der Waals surface area contributed by atoms with Gasteiger partial charge >= 0.3 is 0 Å². The predicted molar refractivity (Wildman–Crippen MR) is 131 cm³/mol. The quantitative estimate of drug-likeness (QED) is 0.690. The molecule has 0 atom stereocenters. The van der Waals surface area contributed by atoms with Crippen LogP contribution in [0, 0.1) is 13.8 Å². The summed E-state index contributed by atoms with van der Waals surface area (Å²) in [5.41, 5.74) is 2.56. The number of aryl methyl sites for hydroxylation is 3. The molecule has 0 radical (unpaired) electrons. The SMILES string of the molecule is Cc1nc(CCc2nc(C(=O)NC3CCCCC3)cc(N3CCCC3)n2)nc(N(C)C)c1C. The van der Waals surface area contributed by atoms with Crippen LogP contribution in [0.4, 0.5) is 11.6 Å². The summed E-state index contributed by atoms with van der Waals surface area (Å²) in [4.78, 5) is 36.3. The van der Waals surface area contributed by atoms with Crippen molar-refractivity contribution in [3.8, 4) is 0 Å². The highest BCUT2D eigenvalue weighted by Crippen LogP contribution is 2.22. The summed E-state index contributed by atoms with van der Waals surface area (Å²) in [6.07, 6.45) is 9.30. The molecule has 1 saturated carbocycles. The fraction of sp³-hybridized carbons (Fsp3) is 0.640. The number of aromatic nitrogens is 4. The van der Waals surface area contributed by atoms with Crippen LogP contribution in [-0.4, -0.2) is 59.1 Å². The van der Waals surface area contributed by atoms with Crippen molar-refractivity contribution < 1.29 is 4.79 Å². The van der Waals surface area contributed by atoms with Crippen molar-refractivity contribution >= 4 is 17.5 Å². The van der Waals surface area contributed by atoms with Crippen molar-refractivity contribution in [3.05, 3.63) is 34.7 Å². The number of rotatable bonds is 7. The number of carbonyl (C=O) groups is 1. The second-order valence-electron chi connectivity index (χ2n) is 9.60. The Morgan fingerprint density at radius 3 is 2.30 bits per heavy atom. The van der Waals surface area contributed by atoms with Crippen LogP contribution in [0.15, 0.2) is 6.07 Å². The standard InChI is InChI=1S/C25H37N7O/c1-17-18(2)26-21(30-24(17)31(3)4)12-13-22-28-20(16-23(29-22)32-14-8-9-15-32)25(33)27-19-10-6-5-7-11-19/h16,19H,5-15H2,1-4H3,(H,27,33). The molecule has 1 amide bonds. The van der Waals surface area contributed by atoms with Crippen LogP contribution in [0.25, 0.3) is 0 Å². The Morgan fingerprint density at radius 1 is 0.970 bits per heavy atom. The Morgan fingerprint density at radius 2 is 1.64 bits per heavy atom. The van der Waals surface area contributed by atoms with Gasteiger partial charge in [0.2, 0.25) is 0 Å². The van der Waals surface area contributed by atoms with Crippen molar-refractivity contribution in [2.75, 3.05) is 37.0 Å². The van der Waals surface area contributed by atoms with Crippen molar-refractivity contribution in [2.24, 2.45) is 0 Å². The molecular formula is C25H37N7O. The smallest absolute Gasteiger partial charge is 0.270 e. The monoisotopic (exact) mass is 451 g/mol. The molecule has 1 aliphatic carbocycles. The third kappa shape index (κ3) is 5.78. The summed E-state index contributed by atoms with van der Waals surface area (Å²) in [7, 11) is 4.00. The molecule has 2 aromatic rings. The lowest BCUT2D eigenvalue weighted by Crippen LogP contribution is -2.37. The lowest BCUT2D eigenvalue weighted by atomic mass is 9.95. The average molecular weight is 452 g/mol. The third-order valence-corrected chi connectivity index (χ3v) is 6.77. The van der Waals surface area contributed by atoms with E-state index >= 15 is 0 Å². The molecule has 8 nitrogen and oxygen atoms in total. The first-order valence-electron chi connectivity index (χ1n) is 12.4. The van der Waals surface area contributed by atoms with E-state index in [-0.39, 0.29) is 11.9 Å². The molecule has 8 heteroatoms. The lowest BCUT2D eigenvalue weighted by molar-refractivity contribution is 0.0922. The van der Waals surface area contributed by atoms with Crippen LogP contribution in [-0.2, 0) is 12.8 Å². The number of nitrogens with zero attached hydrogens (tertiary/aromatic N) is 6. The van der Waals surface area contributed by atoms with E-state index in [1.54, 1.807) is 0 Å². The number of hydrogen-bond acceptors (Lipinski definition) is 7. The summed E-state index contributed by atoms with van der Waals surface area (Å²) in [6, 6.07) is 2.12. The zero-order chi connectivity index (χ0) is 23.4. The van der Waals surface area contributed by atoms with Gasteiger partial charge in [-0.3, -0.25) is 4.79 Å². The van der Waals surface area contributed by atoms with Crippen LogP contribution in [0.3, 0.4) is 0 Å². The lowest BCUT2D eigenvalue weighted by Gasteiger charge is -2.23. The van der Waals surface area contributed by atoms with E-state index in [2.05, 4.69) is 20.2 Å². The molecular weight excluding hydrogens is 414 g/mol. The minimum atomic E-state index is -0.0803. The molecule has 1 aliphatic heterocycles. The Bertz CT molecular complexity index is 979.